The molecule has 1 spiro atoms. The Morgan fingerprint density at radius 2 is 1.84 bits per heavy atom. The summed E-state index contributed by atoms with van der Waals surface area (Å²) in [5.41, 5.74) is 7.88. The summed E-state index contributed by atoms with van der Waals surface area (Å²) in [5.74, 6) is -1.46. The molecule has 0 saturated carbocycles. The molecule has 5 N–H and O–H groups in total. The molecule has 0 unspecified atom stereocenters. The van der Waals surface area contributed by atoms with E-state index >= 15 is 0 Å². The molecular weight excluding hydrogens is 562 g/mol. The van der Waals surface area contributed by atoms with Crippen LogP contribution in [-0.4, -0.2) is 96.1 Å². The Morgan fingerprint density at radius 3 is 2.68 bits per heavy atom. The summed E-state index contributed by atoms with van der Waals surface area (Å²) < 4.78 is 6.37. The van der Waals surface area contributed by atoms with Gasteiger partial charge in [-0.1, -0.05) is 18.2 Å². The number of phenolic OH excluding ortho intramolecular Hbond substituents is 1. The van der Waals surface area contributed by atoms with E-state index in [1.807, 2.05) is 18.2 Å². The number of hydrogen-bond acceptors (Lipinski definition) is 7. The molecule has 4 aliphatic rings. The first-order chi connectivity index (χ1) is 21.3. The third kappa shape index (κ3) is 5.78. The minimum absolute atomic E-state index is 0.0549. The van der Waals surface area contributed by atoms with Crippen molar-refractivity contribution in [2.75, 3.05) is 45.8 Å². The number of nitrogens with zero attached hydrogens (tertiary/aromatic N) is 2. The molecule has 11 heteroatoms. The van der Waals surface area contributed by atoms with Gasteiger partial charge in [0.2, 0.25) is 17.7 Å². The topological polar surface area (TPSA) is 154 Å². The van der Waals surface area contributed by atoms with E-state index in [4.69, 9.17) is 10.5 Å². The van der Waals surface area contributed by atoms with Crippen LogP contribution in [0.15, 0.2) is 42.5 Å². The van der Waals surface area contributed by atoms with Gasteiger partial charge in [-0.2, -0.15) is 0 Å². The number of carbonyl (C=O) groups excluding carboxylic acids is 4. The molecule has 2 aromatic carbocycles. The number of carbonyl (C=O) groups is 4. The number of amides is 4. The summed E-state index contributed by atoms with van der Waals surface area (Å²) in [6, 6.07) is 12.4. The highest BCUT2D eigenvalue weighted by molar-refractivity contribution is 5.96. The Balaban J connectivity index is 1.19. The fourth-order valence-corrected chi connectivity index (χ4v) is 7.45. The first-order valence-corrected chi connectivity index (χ1v) is 15.7. The summed E-state index contributed by atoms with van der Waals surface area (Å²) in [7, 11) is 0. The molecule has 4 amide bonds. The van der Waals surface area contributed by atoms with Crippen molar-refractivity contribution in [2.24, 2.45) is 17.6 Å². The highest BCUT2D eigenvalue weighted by atomic mass is 16.5. The van der Waals surface area contributed by atoms with E-state index in [1.54, 1.807) is 34.1 Å². The van der Waals surface area contributed by atoms with Crippen molar-refractivity contribution in [3.63, 3.8) is 0 Å². The fourth-order valence-electron chi connectivity index (χ4n) is 7.45. The van der Waals surface area contributed by atoms with E-state index in [0.29, 0.717) is 81.8 Å². The molecule has 6 rings (SSSR count). The Kier molecular flexibility index (Phi) is 8.59. The zero-order valence-corrected chi connectivity index (χ0v) is 24.9. The van der Waals surface area contributed by atoms with E-state index in [-0.39, 0.29) is 41.9 Å². The van der Waals surface area contributed by atoms with Crippen LogP contribution >= 0.6 is 0 Å². The Bertz CT molecular complexity index is 1450. The number of ether oxygens (including phenoxy) is 1. The minimum Gasteiger partial charge on any atom is -0.507 e. The Hall–Kier alpha value is -3.96. The first-order valence-electron chi connectivity index (χ1n) is 15.7. The number of nitrogens with one attached hydrogen (secondary N) is 2. The molecule has 4 aliphatic heterocycles. The Morgan fingerprint density at radius 1 is 1.02 bits per heavy atom. The molecule has 3 fully saturated rings. The summed E-state index contributed by atoms with van der Waals surface area (Å²) in [6.07, 6.45) is 3.02. The largest absolute Gasteiger partial charge is 0.507 e. The molecular formula is C33H41N5O6. The molecule has 234 valence electrons. The SMILES string of the molecule is NCCN1C[C@]23CC[C@H](O2)[C@H](C(=O)N2CCCNC(=O)c4cccc(c4)-c4cc(ccc4O)CCNC(=O)CCC2)[C@@H]3C1=O. The smallest absolute Gasteiger partial charge is 0.251 e. The van der Waals surface area contributed by atoms with Crippen LogP contribution in [0.25, 0.3) is 11.1 Å². The second-order valence-electron chi connectivity index (χ2n) is 12.4. The van der Waals surface area contributed by atoms with Crippen LogP contribution in [0.3, 0.4) is 0 Å². The lowest BCUT2D eigenvalue weighted by molar-refractivity contribution is -0.144. The number of hydrogen-bond donors (Lipinski definition) is 4. The van der Waals surface area contributed by atoms with Crippen LogP contribution < -0.4 is 16.4 Å². The maximum absolute atomic E-state index is 14.1. The maximum atomic E-state index is 14.1. The lowest BCUT2D eigenvalue weighted by Gasteiger charge is -2.32. The van der Waals surface area contributed by atoms with E-state index in [0.717, 1.165) is 18.4 Å². The van der Waals surface area contributed by atoms with Gasteiger partial charge in [-0.05, 0) is 67.5 Å². The van der Waals surface area contributed by atoms with E-state index in [1.165, 1.54) is 0 Å². The quantitative estimate of drug-likeness (QED) is 0.414. The number of phenols is 1. The van der Waals surface area contributed by atoms with Gasteiger partial charge < -0.3 is 36.0 Å². The second kappa shape index (κ2) is 12.6. The minimum atomic E-state index is -0.620. The fraction of sp³-hybridized carbons (Fsp3) is 0.515. The van der Waals surface area contributed by atoms with Gasteiger partial charge in [-0.3, -0.25) is 19.2 Å². The zero-order valence-electron chi connectivity index (χ0n) is 24.9. The highest BCUT2D eigenvalue weighted by Gasteiger charge is 2.69. The average Bonchev–Trinajstić information content (AvgIpc) is 3.66. The van der Waals surface area contributed by atoms with Crippen LogP contribution in [-0.2, 0) is 25.5 Å². The Labute approximate surface area is 257 Å². The standard InChI is InChI=1S/C33H41N5O6/c34-12-17-38-20-33-11-9-26(44-33)28(29(33)32(38)43)31(42)37-15-2-6-27(40)35-14-10-21-7-8-25(39)24(18-21)22-4-1-5-23(19-22)30(41)36-13-3-16-37/h1,4-5,7-8,18-19,26,28-29,39H,2-3,6,9-17,20,34H2,(H,35,40)(H,36,41)/t26-,28-,29+,33-/m0/s1. The monoisotopic (exact) mass is 603 g/mol. The van der Waals surface area contributed by atoms with Gasteiger partial charge in [0, 0.05) is 56.8 Å². The number of benzene rings is 2. The van der Waals surface area contributed by atoms with Crippen molar-refractivity contribution in [3.05, 3.63) is 53.6 Å². The lowest BCUT2D eigenvalue weighted by atomic mass is 9.72. The van der Waals surface area contributed by atoms with Crippen LogP contribution in [0.1, 0.15) is 48.0 Å². The molecule has 0 radical (unpaired) electrons. The summed E-state index contributed by atoms with van der Waals surface area (Å²) in [5, 5.41) is 16.4. The van der Waals surface area contributed by atoms with Crippen molar-refractivity contribution in [1.82, 2.24) is 20.4 Å². The van der Waals surface area contributed by atoms with Gasteiger partial charge in [-0.15, -0.1) is 0 Å². The van der Waals surface area contributed by atoms with Crippen molar-refractivity contribution in [2.45, 2.75) is 50.2 Å². The van der Waals surface area contributed by atoms with E-state index in [9.17, 15) is 24.3 Å². The third-order valence-electron chi connectivity index (χ3n) is 9.55. The van der Waals surface area contributed by atoms with E-state index in [2.05, 4.69) is 10.6 Å². The first kappa shape index (κ1) is 30.1. The van der Waals surface area contributed by atoms with Crippen LogP contribution in [0, 0.1) is 11.8 Å². The number of nitrogens with two attached hydrogens (primary N) is 1. The molecule has 44 heavy (non-hydrogen) atoms. The van der Waals surface area contributed by atoms with E-state index < -0.39 is 17.4 Å². The number of aromatic hydroxyl groups is 1. The van der Waals surface area contributed by atoms with Gasteiger partial charge in [-0.25, -0.2) is 0 Å². The summed E-state index contributed by atoms with van der Waals surface area (Å²) >= 11 is 0. The predicted octanol–water partition coefficient (Wildman–Crippen LogP) is 1.42. The second-order valence-corrected chi connectivity index (χ2v) is 12.4. The molecule has 0 aliphatic carbocycles. The van der Waals surface area contributed by atoms with Gasteiger partial charge >= 0.3 is 0 Å². The molecule has 0 aromatic heterocycles. The molecule has 2 aromatic rings. The number of fused-ring (bicyclic) bond motifs is 6. The van der Waals surface area contributed by atoms with Gasteiger partial charge in [0.15, 0.2) is 0 Å². The highest BCUT2D eigenvalue weighted by Crippen LogP contribution is 2.55. The molecule has 4 heterocycles. The zero-order chi connectivity index (χ0) is 30.8. The van der Waals surface area contributed by atoms with Crippen LogP contribution in [0.2, 0.25) is 0 Å². The molecule has 4 atom stereocenters. The van der Waals surface area contributed by atoms with Gasteiger partial charge in [0.05, 0.1) is 30.1 Å². The normalized spacial score (nSPS) is 27.7. The predicted molar refractivity (Wildman–Crippen MR) is 162 cm³/mol. The van der Waals surface area contributed by atoms with Gasteiger partial charge in [0.25, 0.3) is 5.91 Å². The number of rotatable bonds is 3. The molecule has 3 saturated heterocycles. The summed E-state index contributed by atoms with van der Waals surface area (Å²) in [6.45, 7) is 2.80. The lowest BCUT2D eigenvalue weighted by Crippen LogP contribution is -2.48. The third-order valence-corrected chi connectivity index (χ3v) is 9.55. The van der Waals surface area contributed by atoms with Crippen LogP contribution in [0.5, 0.6) is 5.75 Å². The van der Waals surface area contributed by atoms with Crippen molar-refractivity contribution in [1.29, 1.82) is 0 Å². The molecule has 6 bridgehead atoms. The number of likely N-dealkylation sites (tertiary alicyclic amines) is 1. The summed E-state index contributed by atoms with van der Waals surface area (Å²) in [4.78, 5) is 56.8. The van der Waals surface area contributed by atoms with Crippen molar-refractivity contribution in [3.8, 4) is 16.9 Å². The van der Waals surface area contributed by atoms with Gasteiger partial charge in [0.1, 0.15) is 5.75 Å². The van der Waals surface area contributed by atoms with Crippen LogP contribution in [0.4, 0.5) is 0 Å². The van der Waals surface area contributed by atoms with Crippen molar-refractivity contribution >= 4 is 23.6 Å². The van der Waals surface area contributed by atoms with Crippen molar-refractivity contribution < 1.29 is 29.0 Å². The average molecular weight is 604 g/mol. The molecule has 11 nitrogen and oxygen atoms in total. The maximum Gasteiger partial charge on any atom is 0.251 e.